The van der Waals surface area contributed by atoms with Gasteiger partial charge in [-0.25, -0.2) is 4.39 Å². The Bertz CT molecular complexity index is 813. The van der Waals surface area contributed by atoms with E-state index in [9.17, 15) is 18.8 Å². The lowest BCUT2D eigenvalue weighted by Gasteiger charge is -2.25. The molecule has 1 N–H and O–H groups in total. The van der Waals surface area contributed by atoms with E-state index in [2.05, 4.69) is 5.32 Å². The van der Waals surface area contributed by atoms with Crippen LogP contribution in [0, 0.1) is 5.82 Å². The molecule has 0 bridgehead atoms. The summed E-state index contributed by atoms with van der Waals surface area (Å²) in [4.78, 5) is 39.2. The van der Waals surface area contributed by atoms with E-state index in [1.54, 1.807) is 24.3 Å². The Balaban J connectivity index is 1.86. The van der Waals surface area contributed by atoms with Crippen LogP contribution >= 0.6 is 0 Å². The number of amides is 3. The number of benzene rings is 2. The summed E-state index contributed by atoms with van der Waals surface area (Å²) in [6.45, 7) is 1.97. The molecule has 26 heavy (non-hydrogen) atoms. The van der Waals surface area contributed by atoms with Gasteiger partial charge in [-0.1, -0.05) is 31.9 Å². The van der Waals surface area contributed by atoms with Crippen molar-refractivity contribution in [3.8, 4) is 0 Å². The molecule has 0 fully saturated rings. The molecule has 134 valence electrons. The maximum Gasteiger partial charge on any atom is 0.262 e. The number of carbonyl (C=O) groups is 3. The molecular formula is C20H19FN2O3. The van der Waals surface area contributed by atoms with Crippen LogP contribution in [0.25, 0.3) is 0 Å². The monoisotopic (exact) mass is 354 g/mol. The molecule has 1 aliphatic heterocycles. The number of hydrogen-bond acceptors (Lipinski definition) is 3. The third kappa shape index (κ3) is 3.35. The van der Waals surface area contributed by atoms with Crippen LogP contribution in [0.1, 0.15) is 46.9 Å². The van der Waals surface area contributed by atoms with E-state index in [1.165, 1.54) is 24.3 Å². The minimum atomic E-state index is -0.910. The Kier molecular flexibility index (Phi) is 5.11. The van der Waals surface area contributed by atoms with Gasteiger partial charge >= 0.3 is 0 Å². The van der Waals surface area contributed by atoms with Crippen molar-refractivity contribution < 1.29 is 18.8 Å². The number of imide groups is 1. The number of hydrogen-bond donors (Lipinski definition) is 1. The highest BCUT2D eigenvalue weighted by Gasteiger charge is 2.42. The first kappa shape index (κ1) is 17.8. The van der Waals surface area contributed by atoms with Gasteiger partial charge in [0.2, 0.25) is 5.91 Å². The average Bonchev–Trinajstić information content (AvgIpc) is 2.89. The maximum atomic E-state index is 13.0. The van der Waals surface area contributed by atoms with Crippen LogP contribution in [-0.4, -0.2) is 28.7 Å². The SMILES string of the molecule is CCCC[C@H](C(=O)Nc1ccc(F)cc1)N1C(=O)c2ccccc2C1=O. The Morgan fingerprint density at radius 3 is 2.15 bits per heavy atom. The number of rotatable bonds is 6. The van der Waals surface area contributed by atoms with Crippen LogP contribution in [0.5, 0.6) is 0 Å². The lowest BCUT2D eigenvalue weighted by Crippen LogP contribution is -2.47. The fourth-order valence-electron chi connectivity index (χ4n) is 3.02. The van der Waals surface area contributed by atoms with Gasteiger partial charge in [0, 0.05) is 5.69 Å². The maximum absolute atomic E-state index is 13.0. The Labute approximate surface area is 150 Å². The van der Waals surface area contributed by atoms with Gasteiger partial charge in [-0.2, -0.15) is 0 Å². The first-order chi connectivity index (χ1) is 12.5. The number of unbranched alkanes of at least 4 members (excludes halogenated alkanes) is 1. The van der Waals surface area contributed by atoms with E-state index in [0.717, 1.165) is 11.3 Å². The second-order valence-electron chi connectivity index (χ2n) is 6.18. The fraction of sp³-hybridized carbons (Fsp3) is 0.250. The van der Waals surface area contributed by atoms with Gasteiger partial charge in [-0.3, -0.25) is 19.3 Å². The normalized spacial score (nSPS) is 14.3. The highest BCUT2D eigenvalue weighted by Crippen LogP contribution is 2.27. The number of fused-ring (bicyclic) bond motifs is 1. The number of halogens is 1. The van der Waals surface area contributed by atoms with Gasteiger partial charge in [0.1, 0.15) is 11.9 Å². The summed E-state index contributed by atoms with van der Waals surface area (Å²) in [5.74, 6) is -1.78. The van der Waals surface area contributed by atoms with Gasteiger partial charge in [-0.15, -0.1) is 0 Å². The van der Waals surface area contributed by atoms with Crippen molar-refractivity contribution >= 4 is 23.4 Å². The molecule has 2 aromatic carbocycles. The zero-order chi connectivity index (χ0) is 18.7. The first-order valence-corrected chi connectivity index (χ1v) is 8.56. The van der Waals surface area contributed by atoms with E-state index < -0.39 is 29.6 Å². The number of nitrogens with zero attached hydrogens (tertiary/aromatic N) is 1. The van der Waals surface area contributed by atoms with E-state index in [0.29, 0.717) is 29.7 Å². The highest BCUT2D eigenvalue weighted by molar-refractivity contribution is 6.23. The molecule has 0 saturated carbocycles. The molecule has 0 saturated heterocycles. The number of anilines is 1. The minimum Gasteiger partial charge on any atom is -0.324 e. The highest BCUT2D eigenvalue weighted by atomic mass is 19.1. The summed E-state index contributed by atoms with van der Waals surface area (Å²) in [6, 6.07) is 11.0. The van der Waals surface area contributed by atoms with E-state index in [1.807, 2.05) is 6.92 Å². The zero-order valence-corrected chi connectivity index (χ0v) is 14.4. The molecule has 1 atom stereocenters. The topological polar surface area (TPSA) is 66.5 Å². The van der Waals surface area contributed by atoms with E-state index >= 15 is 0 Å². The molecule has 0 radical (unpaired) electrons. The molecule has 0 spiro atoms. The molecule has 0 aliphatic carbocycles. The van der Waals surface area contributed by atoms with Gasteiger partial charge in [0.25, 0.3) is 11.8 Å². The lowest BCUT2D eigenvalue weighted by molar-refractivity contribution is -0.120. The zero-order valence-electron chi connectivity index (χ0n) is 14.4. The van der Waals surface area contributed by atoms with Crippen LogP contribution in [-0.2, 0) is 4.79 Å². The van der Waals surface area contributed by atoms with Crippen molar-refractivity contribution in [1.82, 2.24) is 4.90 Å². The van der Waals surface area contributed by atoms with Crippen LogP contribution in [0.2, 0.25) is 0 Å². The molecule has 1 heterocycles. The molecule has 5 nitrogen and oxygen atoms in total. The average molecular weight is 354 g/mol. The lowest BCUT2D eigenvalue weighted by atomic mass is 10.1. The van der Waals surface area contributed by atoms with Crippen LogP contribution in [0.15, 0.2) is 48.5 Å². The summed E-state index contributed by atoms with van der Waals surface area (Å²) in [5, 5.41) is 2.67. The summed E-state index contributed by atoms with van der Waals surface area (Å²) < 4.78 is 13.0. The molecule has 3 rings (SSSR count). The molecule has 0 unspecified atom stereocenters. The molecule has 3 amide bonds. The van der Waals surface area contributed by atoms with Gasteiger partial charge in [-0.05, 0) is 42.8 Å². The molecule has 2 aromatic rings. The minimum absolute atomic E-state index is 0.314. The van der Waals surface area contributed by atoms with Crippen molar-refractivity contribution in [3.05, 3.63) is 65.5 Å². The summed E-state index contributed by atoms with van der Waals surface area (Å²) >= 11 is 0. The Morgan fingerprint density at radius 1 is 1.04 bits per heavy atom. The summed E-state index contributed by atoms with van der Waals surface area (Å²) in [5.41, 5.74) is 1.04. The van der Waals surface area contributed by atoms with Crippen molar-refractivity contribution in [2.75, 3.05) is 5.32 Å². The van der Waals surface area contributed by atoms with Crippen LogP contribution in [0.3, 0.4) is 0 Å². The van der Waals surface area contributed by atoms with E-state index in [4.69, 9.17) is 0 Å². The van der Waals surface area contributed by atoms with Crippen molar-refractivity contribution in [2.24, 2.45) is 0 Å². The second kappa shape index (κ2) is 7.47. The summed E-state index contributed by atoms with van der Waals surface area (Å²) in [6.07, 6.45) is 1.88. The van der Waals surface area contributed by atoms with Crippen molar-refractivity contribution in [2.45, 2.75) is 32.2 Å². The van der Waals surface area contributed by atoms with Gasteiger partial charge in [0.05, 0.1) is 11.1 Å². The third-order valence-corrected chi connectivity index (χ3v) is 4.38. The standard InChI is InChI=1S/C20H19FN2O3/c1-2-3-8-17(18(24)22-14-11-9-13(21)10-12-14)23-19(25)15-6-4-5-7-16(15)20(23)26/h4-7,9-12,17H,2-3,8H2,1H3,(H,22,24)/t17-/m1/s1. The summed E-state index contributed by atoms with van der Waals surface area (Å²) in [7, 11) is 0. The fourth-order valence-corrected chi connectivity index (χ4v) is 3.02. The quantitative estimate of drug-likeness (QED) is 0.806. The number of nitrogens with one attached hydrogen (secondary N) is 1. The van der Waals surface area contributed by atoms with Gasteiger partial charge < -0.3 is 5.32 Å². The molecule has 1 aliphatic rings. The largest absolute Gasteiger partial charge is 0.324 e. The third-order valence-electron chi connectivity index (χ3n) is 4.38. The molecule has 6 heteroatoms. The first-order valence-electron chi connectivity index (χ1n) is 8.56. The van der Waals surface area contributed by atoms with E-state index in [-0.39, 0.29) is 0 Å². The van der Waals surface area contributed by atoms with Crippen LogP contribution in [0.4, 0.5) is 10.1 Å². The Hall–Kier alpha value is -3.02. The Morgan fingerprint density at radius 2 is 1.62 bits per heavy atom. The molecule has 0 aromatic heterocycles. The molecular weight excluding hydrogens is 335 g/mol. The predicted octanol–water partition coefficient (Wildman–Crippen LogP) is 3.62. The smallest absolute Gasteiger partial charge is 0.262 e. The van der Waals surface area contributed by atoms with Crippen LogP contribution < -0.4 is 5.32 Å². The van der Waals surface area contributed by atoms with Crippen molar-refractivity contribution in [1.29, 1.82) is 0 Å². The second-order valence-corrected chi connectivity index (χ2v) is 6.18. The predicted molar refractivity (Wildman–Crippen MR) is 95.3 cm³/mol. The van der Waals surface area contributed by atoms with Crippen molar-refractivity contribution in [3.63, 3.8) is 0 Å². The van der Waals surface area contributed by atoms with Gasteiger partial charge in [0.15, 0.2) is 0 Å². The number of carbonyl (C=O) groups excluding carboxylic acids is 3.